The smallest absolute Gasteiger partial charge is 0.252 e. The molecule has 1 atom stereocenters. The van der Waals surface area contributed by atoms with E-state index in [-0.39, 0.29) is 5.75 Å². The Hall–Kier alpha value is -4.20. The van der Waals surface area contributed by atoms with Crippen molar-refractivity contribution < 1.29 is 14.7 Å². The van der Waals surface area contributed by atoms with Gasteiger partial charge in [0.15, 0.2) is 0 Å². The number of nitrogens with one attached hydrogen (secondary N) is 2. The molecule has 2 aromatic heterocycles. The molecule has 156 valence electrons. The Morgan fingerprint density at radius 2 is 1.81 bits per heavy atom. The Morgan fingerprint density at radius 1 is 1.06 bits per heavy atom. The van der Waals surface area contributed by atoms with E-state index in [4.69, 9.17) is 5.73 Å². The lowest BCUT2D eigenvalue weighted by Gasteiger charge is -2.15. The van der Waals surface area contributed by atoms with E-state index in [1.54, 1.807) is 54.9 Å². The summed E-state index contributed by atoms with van der Waals surface area (Å²) in [7, 11) is 0. The molecule has 2 aromatic carbocycles. The van der Waals surface area contributed by atoms with Gasteiger partial charge in [-0.05, 0) is 60.9 Å². The van der Waals surface area contributed by atoms with Gasteiger partial charge >= 0.3 is 0 Å². The maximum atomic E-state index is 12.7. The first-order valence-electron chi connectivity index (χ1n) is 9.78. The number of aromatic amines is 1. The summed E-state index contributed by atoms with van der Waals surface area (Å²) in [6, 6.07) is 14.7. The van der Waals surface area contributed by atoms with Gasteiger partial charge in [-0.1, -0.05) is 12.1 Å². The summed E-state index contributed by atoms with van der Waals surface area (Å²) in [6.45, 7) is 0. The average molecular weight is 415 g/mol. The lowest BCUT2D eigenvalue weighted by Crippen LogP contribution is -2.44. The fourth-order valence-electron chi connectivity index (χ4n) is 3.30. The quantitative estimate of drug-likeness (QED) is 0.368. The van der Waals surface area contributed by atoms with Gasteiger partial charge in [-0.25, -0.2) is 4.98 Å². The number of phenols is 1. The van der Waals surface area contributed by atoms with E-state index in [1.165, 1.54) is 0 Å². The molecule has 0 bridgehead atoms. The fraction of sp³-hybridized carbons (Fsp3) is 0.130. The summed E-state index contributed by atoms with van der Waals surface area (Å²) in [4.78, 5) is 36.3. The van der Waals surface area contributed by atoms with Gasteiger partial charge in [0.25, 0.3) is 5.91 Å². The van der Waals surface area contributed by atoms with Crippen LogP contribution < -0.4 is 11.1 Å². The molecule has 2 amide bonds. The van der Waals surface area contributed by atoms with E-state index in [0.717, 1.165) is 16.6 Å². The first kappa shape index (κ1) is 20.1. The van der Waals surface area contributed by atoms with E-state index in [9.17, 15) is 14.7 Å². The summed E-state index contributed by atoms with van der Waals surface area (Å²) in [6.07, 6.45) is 4.25. The fourth-order valence-corrected chi connectivity index (χ4v) is 3.30. The van der Waals surface area contributed by atoms with E-state index >= 15 is 0 Å². The van der Waals surface area contributed by atoms with E-state index < -0.39 is 17.9 Å². The zero-order chi connectivity index (χ0) is 21.8. The SMILES string of the molecule is NC(=O)C(CCc1ccc(O)cc1)NC(=O)c1ccc2nc(-c3ccncc3)[nH]c2c1. The van der Waals surface area contributed by atoms with Crippen LogP contribution in [0.25, 0.3) is 22.4 Å². The van der Waals surface area contributed by atoms with Crippen LogP contribution in [-0.4, -0.2) is 37.9 Å². The van der Waals surface area contributed by atoms with Crippen LogP contribution in [-0.2, 0) is 11.2 Å². The predicted molar refractivity (Wildman–Crippen MR) is 116 cm³/mol. The highest BCUT2D eigenvalue weighted by atomic mass is 16.3. The van der Waals surface area contributed by atoms with Crippen molar-refractivity contribution in [1.82, 2.24) is 20.3 Å². The third-order valence-corrected chi connectivity index (χ3v) is 5.00. The number of pyridine rings is 1. The van der Waals surface area contributed by atoms with Crippen LogP contribution in [0.15, 0.2) is 67.0 Å². The van der Waals surface area contributed by atoms with Crippen molar-refractivity contribution in [1.29, 1.82) is 0 Å². The number of imidazole rings is 1. The number of hydrogen-bond acceptors (Lipinski definition) is 5. The topological polar surface area (TPSA) is 134 Å². The number of fused-ring (bicyclic) bond motifs is 1. The minimum atomic E-state index is -0.814. The summed E-state index contributed by atoms with van der Waals surface area (Å²) in [5.41, 5.74) is 9.14. The first-order valence-corrected chi connectivity index (χ1v) is 9.78. The number of primary amides is 1. The maximum absolute atomic E-state index is 12.7. The minimum absolute atomic E-state index is 0.171. The van der Waals surface area contributed by atoms with Crippen molar-refractivity contribution in [2.45, 2.75) is 18.9 Å². The van der Waals surface area contributed by atoms with Gasteiger partial charge in [0.05, 0.1) is 11.0 Å². The molecule has 0 aliphatic rings. The van der Waals surface area contributed by atoms with Crippen LogP contribution in [0.1, 0.15) is 22.3 Å². The second-order valence-electron chi connectivity index (χ2n) is 7.19. The molecule has 4 rings (SSSR count). The van der Waals surface area contributed by atoms with Crippen LogP contribution in [0.3, 0.4) is 0 Å². The third kappa shape index (κ3) is 4.69. The molecule has 5 N–H and O–H groups in total. The second kappa shape index (κ2) is 8.66. The molecule has 31 heavy (non-hydrogen) atoms. The zero-order valence-electron chi connectivity index (χ0n) is 16.6. The molecule has 0 spiro atoms. The minimum Gasteiger partial charge on any atom is -0.508 e. The Bertz CT molecular complexity index is 1220. The molecular formula is C23H21N5O3. The molecule has 0 aliphatic carbocycles. The number of nitrogens with zero attached hydrogens (tertiary/aromatic N) is 2. The first-order chi connectivity index (χ1) is 15.0. The van der Waals surface area contributed by atoms with Gasteiger partial charge in [-0.3, -0.25) is 14.6 Å². The van der Waals surface area contributed by atoms with Gasteiger partial charge in [0, 0.05) is 23.5 Å². The number of rotatable bonds is 7. The third-order valence-electron chi connectivity index (χ3n) is 5.00. The van der Waals surface area contributed by atoms with Crippen molar-refractivity contribution in [3.05, 3.63) is 78.1 Å². The highest BCUT2D eigenvalue weighted by Crippen LogP contribution is 2.21. The summed E-state index contributed by atoms with van der Waals surface area (Å²) >= 11 is 0. The summed E-state index contributed by atoms with van der Waals surface area (Å²) in [5, 5.41) is 12.1. The number of benzene rings is 2. The van der Waals surface area contributed by atoms with Crippen molar-refractivity contribution >= 4 is 22.8 Å². The van der Waals surface area contributed by atoms with Crippen LogP contribution in [0, 0.1) is 0 Å². The number of amides is 2. The van der Waals surface area contributed by atoms with Gasteiger partial charge in [0.2, 0.25) is 5.91 Å². The molecule has 2 heterocycles. The van der Waals surface area contributed by atoms with Crippen LogP contribution in [0.4, 0.5) is 0 Å². The molecule has 0 fully saturated rings. The number of H-pyrrole nitrogens is 1. The van der Waals surface area contributed by atoms with Crippen LogP contribution >= 0.6 is 0 Å². The standard InChI is InChI=1S/C23H21N5O3/c24-21(30)19(7-3-14-1-5-17(29)6-2-14)28-23(31)16-4-8-18-20(13-16)27-22(26-18)15-9-11-25-12-10-15/h1-2,4-6,8-13,19,29H,3,7H2,(H2,24,30)(H,26,27)(H,28,31). The monoisotopic (exact) mass is 415 g/mol. The molecular weight excluding hydrogens is 394 g/mol. The molecule has 0 saturated carbocycles. The summed E-state index contributed by atoms with van der Waals surface area (Å²) in [5.74, 6) is -0.144. The predicted octanol–water partition coefficient (Wildman–Crippen LogP) is 2.55. The Morgan fingerprint density at radius 3 is 2.52 bits per heavy atom. The number of aryl methyl sites for hydroxylation is 1. The average Bonchev–Trinajstić information content (AvgIpc) is 3.21. The van der Waals surface area contributed by atoms with Crippen molar-refractivity contribution in [2.75, 3.05) is 0 Å². The number of carbonyl (C=O) groups excluding carboxylic acids is 2. The number of aromatic nitrogens is 3. The number of carbonyl (C=O) groups is 2. The van der Waals surface area contributed by atoms with Gasteiger partial charge in [-0.15, -0.1) is 0 Å². The van der Waals surface area contributed by atoms with E-state index in [2.05, 4.69) is 20.3 Å². The highest BCUT2D eigenvalue weighted by molar-refractivity contribution is 5.99. The van der Waals surface area contributed by atoms with Crippen molar-refractivity contribution in [3.63, 3.8) is 0 Å². The molecule has 0 radical (unpaired) electrons. The Kier molecular flexibility index (Phi) is 5.61. The lowest BCUT2D eigenvalue weighted by atomic mass is 10.0. The number of hydrogen-bond donors (Lipinski definition) is 4. The molecule has 8 heteroatoms. The zero-order valence-corrected chi connectivity index (χ0v) is 16.6. The van der Waals surface area contributed by atoms with Crippen molar-refractivity contribution in [2.24, 2.45) is 5.73 Å². The number of nitrogens with two attached hydrogens (primary N) is 1. The highest BCUT2D eigenvalue weighted by Gasteiger charge is 2.19. The van der Waals surface area contributed by atoms with Gasteiger partial charge < -0.3 is 21.1 Å². The van der Waals surface area contributed by atoms with Gasteiger partial charge in [0.1, 0.15) is 17.6 Å². The molecule has 0 aliphatic heterocycles. The molecule has 4 aromatic rings. The number of aromatic hydroxyl groups is 1. The maximum Gasteiger partial charge on any atom is 0.252 e. The normalized spacial score (nSPS) is 11.9. The molecule has 1 unspecified atom stereocenters. The Balaban J connectivity index is 1.47. The largest absolute Gasteiger partial charge is 0.508 e. The van der Waals surface area contributed by atoms with Crippen molar-refractivity contribution in [3.8, 4) is 17.1 Å². The lowest BCUT2D eigenvalue weighted by molar-refractivity contribution is -0.120. The second-order valence-corrected chi connectivity index (χ2v) is 7.19. The summed E-state index contributed by atoms with van der Waals surface area (Å²) < 4.78 is 0. The number of phenolic OH excluding ortho intramolecular Hbond substituents is 1. The molecule has 0 saturated heterocycles. The van der Waals surface area contributed by atoms with E-state index in [0.29, 0.717) is 29.7 Å². The molecule has 8 nitrogen and oxygen atoms in total. The Labute approximate surface area is 178 Å². The van der Waals surface area contributed by atoms with Crippen LogP contribution in [0.2, 0.25) is 0 Å². The van der Waals surface area contributed by atoms with Gasteiger partial charge in [-0.2, -0.15) is 0 Å². The van der Waals surface area contributed by atoms with Crippen LogP contribution in [0.5, 0.6) is 5.75 Å². The van der Waals surface area contributed by atoms with E-state index in [1.807, 2.05) is 12.1 Å².